The zero-order chi connectivity index (χ0) is 17.6. The zero-order valence-corrected chi connectivity index (χ0v) is 14.2. The summed E-state index contributed by atoms with van der Waals surface area (Å²) < 4.78 is 0. The fourth-order valence-corrected chi connectivity index (χ4v) is 3.69. The molecule has 2 fully saturated rings. The highest BCUT2D eigenvalue weighted by molar-refractivity contribution is 6.33. The Bertz CT molecular complexity index is 775. The Kier molecular flexibility index (Phi) is 3.80. The first kappa shape index (κ1) is 16.4. The van der Waals surface area contributed by atoms with Crippen molar-refractivity contribution in [1.29, 1.82) is 5.26 Å². The van der Waals surface area contributed by atoms with Crippen LogP contribution in [0.1, 0.15) is 18.1 Å². The zero-order valence-electron chi connectivity index (χ0n) is 13.4. The van der Waals surface area contributed by atoms with Crippen LogP contribution in [0.2, 0.25) is 5.02 Å². The molecule has 2 aliphatic rings. The van der Waals surface area contributed by atoms with Gasteiger partial charge in [-0.25, -0.2) is 9.59 Å². The van der Waals surface area contributed by atoms with E-state index in [9.17, 15) is 14.7 Å². The number of rotatable bonds is 1. The van der Waals surface area contributed by atoms with Crippen LogP contribution in [-0.2, 0) is 0 Å². The normalized spacial score (nSPS) is 23.2. The van der Waals surface area contributed by atoms with Gasteiger partial charge in [0.15, 0.2) is 0 Å². The number of halogens is 1. The number of anilines is 1. The first-order valence-electron chi connectivity index (χ1n) is 7.55. The van der Waals surface area contributed by atoms with E-state index in [0.29, 0.717) is 41.5 Å². The second kappa shape index (κ2) is 5.56. The van der Waals surface area contributed by atoms with Crippen molar-refractivity contribution in [3.8, 4) is 6.07 Å². The SMILES string of the molecule is Cc1c(N2CC3(C)CN(C(=O)O)CCN3C2=O)ccc(C#N)c1Cl. The number of piperazine rings is 1. The quantitative estimate of drug-likeness (QED) is 0.844. The molecule has 2 aliphatic heterocycles. The molecule has 8 heteroatoms. The molecule has 1 N–H and O–H groups in total. The molecule has 2 saturated heterocycles. The second-order valence-corrected chi connectivity index (χ2v) is 6.78. The van der Waals surface area contributed by atoms with E-state index in [-0.39, 0.29) is 12.6 Å². The van der Waals surface area contributed by atoms with Crippen LogP contribution in [0.5, 0.6) is 0 Å². The standard InChI is InChI=1S/C16H17ClN4O3/c1-10-12(4-3-11(7-18)13(10)17)20-9-16(2)8-19(15(23)24)5-6-21(16)14(20)22/h3-4H,5-6,8-9H2,1-2H3,(H,23,24). The maximum atomic E-state index is 12.8. The Morgan fingerprint density at radius 1 is 1.38 bits per heavy atom. The van der Waals surface area contributed by atoms with Crippen molar-refractivity contribution in [3.63, 3.8) is 0 Å². The summed E-state index contributed by atoms with van der Waals surface area (Å²) in [6.07, 6.45) is -0.973. The van der Waals surface area contributed by atoms with Crippen molar-refractivity contribution < 1.29 is 14.7 Å². The molecule has 2 heterocycles. The topological polar surface area (TPSA) is 87.9 Å². The summed E-state index contributed by atoms with van der Waals surface area (Å²) in [4.78, 5) is 28.7. The Morgan fingerprint density at radius 3 is 2.71 bits per heavy atom. The minimum atomic E-state index is -0.973. The molecule has 126 valence electrons. The molecule has 0 bridgehead atoms. The van der Waals surface area contributed by atoms with Gasteiger partial charge < -0.3 is 14.9 Å². The third-order valence-electron chi connectivity index (χ3n) is 4.78. The van der Waals surface area contributed by atoms with Crippen molar-refractivity contribution in [2.45, 2.75) is 19.4 Å². The van der Waals surface area contributed by atoms with Gasteiger partial charge in [-0.2, -0.15) is 5.26 Å². The monoisotopic (exact) mass is 348 g/mol. The predicted molar refractivity (Wildman–Crippen MR) is 88.4 cm³/mol. The molecule has 0 aromatic heterocycles. The van der Waals surface area contributed by atoms with E-state index < -0.39 is 11.6 Å². The molecule has 7 nitrogen and oxygen atoms in total. The molecule has 24 heavy (non-hydrogen) atoms. The van der Waals surface area contributed by atoms with Crippen molar-refractivity contribution >= 4 is 29.4 Å². The average molecular weight is 349 g/mol. The van der Waals surface area contributed by atoms with Gasteiger partial charge in [-0.05, 0) is 31.5 Å². The van der Waals surface area contributed by atoms with Gasteiger partial charge in [0.1, 0.15) is 6.07 Å². The highest BCUT2D eigenvalue weighted by atomic mass is 35.5. The van der Waals surface area contributed by atoms with Crippen LogP contribution < -0.4 is 4.90 Å². The van der Waals surface area contributed by atoms with Crippen LogP contribution in [-0.4, -0.2) is 58.7 Å². The van der Waals surface area contributed by atoms with Gasteiger partial charge >= 0.3 is 12.1 Å². The van der Waals surface area contributed by atoms with Gasteiger partial charge in [0.2, 0.25) is 0 Å². The largest absolute Gasteiger partial charge is 0.465 e. The lowest BCUT2D eigenvalue weighted by Crippen LogP contribution is -2.60. The van der Waals surface area contributed by atoms with Gasteiger partial charge in [-0.15, -0.1) is 0 Å². The maximum Gasteiger partial charge on any atom is 0.407 e. The molecule has 0 saturated carbocycles. The second-order valence-electron chi connectivity index (χ2n) is 6.40. The van der Waals surface area contributed by atoms with Crippen LogP contribution in [0.4, 0.5) is 15.3 Å². The number of carbonyl (C=O) groups is 2. The van der Waals surface area contributed by atoms with E-state index in [4.69, 9.17) is 16.9 Å². The van der Waals surface area contributed by atoms with E-state index in [1.165, 1.54) is 4.90 Å². The van der Waals surface area contributed by atoms with Crippen LogP contribution in [0.25, 0.3) is 0 Å². The van der Waals surface area contributed by atoms with Crippen LogP contribution in [0.3, 0.4) is 0 Å². The minimum absolute atomic E-state index is 0.161. The lowest BCUT2D eigenvalue weighted by atomic mass is 9.98. The Balaban J connectivity index is 1.96. The van der Waals surface area contributed by atoms with Gasteiger partial charge in [-0.1, -0.05) is 11.6 Å². The minimum Gasteiger partial charge on any atom is -0.465 e. The Morgan fingerprint density at radius 2 is 2.08 bits per heavy atom. The molecule has 3 rings (SSSR count). The third-order valence-corrected chi connectivity index (χ3v) is 5.26. The molecule has 1 aromatic rings. The van der Waals surface area contributed by atoms with Crippen molar-refractivity contribution in [3.05, 3.63) is 28.3 Å². The molecular weight excluding hydrogens is 332 g/mol. The number of amides is 3. The van der Waals surface area contributed by atoms with Gasteiger partial charge in [0.25, 0.3) is 0 Å². The molecule has 1 unspecified atom stereocenters. The smallest absolute Gasteiger partial charge is 0.407 e. The number of carbonyl (C=O) groups excluding carboxylic acids is 1. The summed E-state index contributed by atoms with van der Waals surface area (Å²) >= 11 is 6.22. The molecule has 1 atom stereocenters. The fraction of sp³-hybridized carbons (Fsp3) is 0.438. The maximum absolute atomic E-state index is 12.8. The van der Waals surface area contributed by atoms with Crippen LogP contribution in [0.15, 0.2) is 12.1 Å². The van der Waals surface area contributed by atoms with E-state index in [1.807, 2.05) is 13.0 Å². The molecule has 0 spiro atoms. The number of benzene rings is 1. The number of hydrogen-bond acceptors (Lipinski definition) is 3. The molecule has 1 aromatic carbocycles. The van der Waals surface area contributed by atoms with Crippen LogP contribution in [0, 0.1) is 18.3 Å². The number of carboxylic acid groups (broad SMARTS) is 1. The number of urea groups is 1. The first-order chi connectivity index (χ1) is 11.3. The molecule has 0 aliphatic carbocycles. The van der Waals surface area contributed by atoms with E-state index in [0.717, 1.165) is 0 Å². The average Bonchev–Trinajstić information content (AvgIpc) is 2.80. The van der Waals surface area contributed by atoms with Gasteiger partial charge in [0.05, 0.1) is 22.7 Å². The third kappa shape index (κ3) is 2.34. The summed E-state index contributed by atoms with van der Waals surface area (Å²) in [7, 11) is 0. The predicted octanol–water partition coefficient (Wildman–Crippen LogP) is 2.51. The highest BCUT2D eigenvalue weighted by Crippen LogP contribution is 2.37. The Labute approximate surface area is 144 Å². The summed E-state index contributed by atoms with van der Waals surface area (Å²) in [5.74, 6) is 0. The van der Waals surface area contributed by atoms with E-state index >= 15 is 0 Å². The molecule has 3 amide bonds. The number of hydrogen-bond donors (Lipinski definition) is 1. The van der Waals surface area contributed by atoms with Gasteiger partial charge in [0, 0.05) is 25.3 Å². The number of fused-ring (bicyclic) bond motifs is 1. The summed E-state index contributed by atoms with van der Waals surface area (Å²) in [6, 6.07) is 5.18. The number of nitrogens with zero attached hydrogens (tertiary/aromatic N) is 4. The summed E-state index contributed by atoms with van der Waals surface area (Å²) in [5.41, 5.74) is 1.11. The number of nitriles is 1. The molecule has 0 radical (unpaired) electrons. The van der Waals surface area contributed by atoms with Crippen molar-refractivity contribution in [2.24, 2.45) is 0 Å². The lowest BCUT2D eigenvalue weighted by Gasteiger charge is -2.42. The summed E-state index contributed by atoms with van der Waals surface area (Å²) in [6.45, 7) is 4.97. The van der Waals surface area contributed by atoms with Crippen LogP contribution >= 0.6 is 11.6 Å². The first-order valence-corrected chi connectivity index (χ1v) is 7.92. The Hall–Kier alpha value is -2.46. The highest BCUT2D eigenvalue weighted by Gasteiger charge is 2.51. The summed E-state index contributed by atoms with van der Waals surface area (Å²) in [5, 5.41) is 18.6. The fourth-order valence-electron chi connectivity index (χ4n) is 3.49. The van der Waals surface area contributed by atoms with E-state index in [2.05, 4.69) is 0 Å². The van der Waals surface area contributed by atoms with Crippen molar-refractivity contribution in [2.75, 3.05) is 31.1 Å². The van der Waals surface area contributed by atoms with Crippen molar-refractivity contribution in [1.82, 2.24) is 9.80 Å². The molecular formula is C16H17ClN4O3. The van der Waals surface area contributed by atoms with Gasteiger partial charge in [-0.3, -0.25) is 4.90 Å². The lowest BCUT2D eigenvalue weighted by molar-refractivity contribution is 0.0613. The van der Waals surface area contributed by atoms with E-state index in [1.54, 1.807) is 28.9 Å².